The van der Waals surface area contributed by atoms with Crippen molar-refractivity contribution in [2.24, 2.45) is 0 Å². The molecule has 2 aromatic heterocycles. The number of piperidine rings is 1. The number of rotatable bonds is 4. The van der Waals surface area contributed by atoms with Crippen molar-refractivity contribution in [1.29, 1.82) is 0 Å². The van der Waals surface area contributed by atoms with Gasteiger partial charge in [-0.2, -0.15) is 0 Å². The number of para-hydroxylation sites is 2. The summed E-state index contributed by atoms with van der Waals surface area (Å²) in [4.78, 5) is 28.9. The van der Waals surface area contributed by atoms with Crippen LogP contribution in [-0.2, 0) is 0 Å². The second-order valence-electron chi connectivity index (χ2n) is 7.73. The fourth-order valence-corrected chi connectivity index (χ4v) is 4.22. The number of nitro benzene ring substituents is 1. The Morgan fingerprint density at radius 2 is 1.84 bits per heavy atom. The Balaban J connectivity index is 1.28. The zero-order valence-corrected chi connectivity index (χ0v) is 16.7. The van der Waals surface area contributed by atoms with Crippen molar-refractivity contribution in [3.8, 4) is 11.3 Å². The van der Waals surface area contributed by atoms with E-state index in [0.717, 1.165) is 18.4 Å². The van der Waals surface area contributed by atoms with Crippen molar-refractivity contribution in [1.82, 2.24) is 15.0 Å². The van der Waals surface area contributed by atoms with Crippen LogP contribution in [0.5, 0.6) is 0 Å². The minimum Gasteiger partial charge on any atom is -0.358 e. The third-order valence-corrected chi connectivity index (χ3v) is 5.87. The molecule has 0 saturated carbocycles. The van der Waals surface area contributed by atoms with Gasteiger partial charge < -0.3 is 14.4 Å². The van der Waals surface area contributed by atoms with E-state index in [0.29, 0.717) is 24.6 Å². The summed E-state index contributed by atoms with van der Waals surface area (Å²) in [6.45, 7) is 1.24. The fourth-order valence-electron chi connectivity index (χ4n) is 4.22. The number of benzene rings is 2. The van der Waals surface area contributed by atoms with Crippen LogP contribution in [0.2, 0.25) is 0 Å². The normalized spacial score (nSPS) is 14.8. The van der Waals surface area contributed by atoms with Crippen molar-refractivity contribution in [2.45, 2.75) is 18.8 Å². The molecule has 0 aliphatic carbocycles. The van der Waals surface area contributed by atoms with E-state index in [4.69, 9.17) is 4.52 Å². The summed E-state index contributed by atoms with van der Waals surface area (Å²) in [6.07, 6.45) is 1.71. The van der Waals surface area contributed by atoms with Crippen LogP contribution in [-0.4, -0.2) is 39.0 Å². The predicted octanol–water partition coefficient (Wildman–Crippen LogP) is 4.75. The standard InChI is InChI=1S/C23H20N4O4/c28-23(20-14-22(31-25-20)17-6-2-4-8-21(17)27(29)30)26-11-9-15(10-12-26)19-13-16-5-1-3-7-18(16)24-19/h1-8,13-15,24H,9-12H2. The van der Waals surface area contributed by atoms with Crippen LogP contribution >= 0.6 is 0 Å². The molecule has 8 heteroatoms. The lowest BCUT2D eigenvalue weighted by Gasteiger charge is -2.31. The second-order valence-corrected chi connectivity index (χ2v) is 7.73. The molecule has 1 fully saturated rings. The van der Waals surface area contributed by atoms with Crippen LogP contribution in [0.3, 0.4) is 0 Å². The Hall–Kier alpha value is -3.94. The first-order valence-electron chi connectivity index (χ1n) is 10.2. The molecule has 2 aromatic carbocycles. The molecule has 31 heavy (non-hydrogen) atoms. The highest BCUT2D eigenvalue weighted by Crippen LogP contribution is 2.32. The molecular weight excluding hydrogens is 396 g/mol. The van der Waals surface area contributed by atoms with Crippen molar-refractivity contribution >= 4 is 22.5 Å². The molecule has 0 bridgehead atoms. The molecule has 3 heterocycles. The smallest absolute Gasteiger partial charge is 0.280 e. The highest BCUT2D eigenvalue weighted by Gasteiger charge is 2.28. The maximum absolute atomic E-state index is 12.9. The van der Waals surface area contributed by atoms with Gasteiger partial charge in [0.05, 0.1) is 10.5 Å². The van der Waals surface area contributed by atoms with E-state index in [1.165, 1.54) is 23.2 Å². The Bertz CT molecular complexity index is 1230. The van der Waals surface area contributed by atoms with E-state index in [9.17, 15) is 14.9 Å². The SMILES string of the molecule is O=C(c1cc(-c2ccccc2[N+](=O)[O-])on1)N1CCC(c2cc3ccccc3[nH]2)CC1. The maximum atomic E-state index is 12.9. The number of carbonyl (C=O) groups is 1. The molecule has 1 aliphatic heterocycles. The molecule has 1 amide bonds. The summed E-state index contributed by atoms with van der Waals surface area (Å²) in [5, 5.41) is 16.3. The molecule has 4 aromatic rings. The first-order valence-corrected chi connectivity index (χ1v) is 10.2. The molecule has 1 saturated heterocycles. The lowest BCUT2D eigenvalue weighted by Crippen LogP contribution is -2.38. The number of carbonyl (C=O) groups excluding carboxylic acids is 1. The van der Waals surface area contributed by atoms with Gasteiger partial charge in [-0.3, -0.25) is 14.9 Å². The number of hydrogen-bond donors (Lipinski definition) is 1. The topological polar surface area (TPSA) is 105 Å². The van der Waals surface area contributed by atoms with Gasteiger partial charge >= 0.3 is 0 Å². The zero-order valence-electron chi connectivity index (χ0n) is 16.7. The largest absolute Gasteiger partial charge is 0.358 e. The number of aromatic amines is 1. The van der Waals surface area contributed by atoms with E-state index in [2.05, 4.69) is 28.3 Å². The third kappa shape index (κ3) is 3.56. The number of nitrogens with one attached hydrogen (secondary N) is 1. The Labute approximate surface area is 177 Å². The average molecular weight is 416 g/mol. The van der Waals surface area contributed by atoms with Crippen molar-refractivity contribution < 1.29 is 14.2 Å². The summed E-state index contributed by atoms with van der Waals surface area (Å²) < 4.78 is 5.27. The predicted molar refractivity (Wildman–Crippen MR) is 115 cm³/mol. The molecule has 1 aliphatic rings. The first kappa shape index (κ1) is 19.0. The third-order valence-electron chi connectivity index (χ3n) is 5.87. The van der Waals surface area contributed by atoms with Crippen LogP contribution in [0.1, 0.15) is 34.9 Å². The maximum Gasteiger partial charge on any atom is 0.280 e. The van der Waals surface area contributed by atoms with Crippen LogP contribution < -0.4 is 0 Å². The van der Waals surface area contributed by atoms with Gasteiger partial charge in [0.15, 0.2) is 11.5 Å². The minimum absolute atomic E-state index is 0.0863. The zero-order chi connectivity index (χ0) is 21.4. The number of H-pyrrole nitrogens is 1. The number of nitrogens with zero attached hydrogens (tertiary/aromatic N) is 3. The van der Waals surface area contributed by atoms with E-state index in [-0.39, 0.29) is 23.0 Å². The van der Waals surface area contributed by atoms with Crippen LogP contribution in [0.25, 0.3) is 22.2 Å². The van der Waals surface area contributed by atoms with Crippen LogP contribution in [0.15, 0.2) is 65.2 Å². The van der Waals surface area contributed by atoms with Crippen LogP contribution in [0, 0.1) is 10.1 Å². The molecule has 1 N–H and O–H groups in total. The molecular formula is C23H20N4O4. The van der Waals surface area contributed by atoms with Gasteiger partial charge in [-0.1, -0.05) is 35.5 Å². The summed E-state index contributed by atoms with van der Waals surface area (Å²) in [6, 6.07) is 18.1. The Kier molecular flexibility index (Phi) is 4.74. The fraction of sp³-hybridized carbons (Fsp3) is 0.217. The summed E-state index contributed by atoms with van der Waals surface area (Å²) in [5.41, 5.74) is 2.71. The first-order chi connectivity index (χ1) is 15.1. The van der Waals surface area contributed by atoms with Gasteiger partial charge in [0.2, 0.25) is 0 Å². The number of aromatic nitrogens is 2. The van der Waals surface area contributed by atoms with Gasteiger partial charge in [0, 0.05) is 42.4 Å². The molecule has 156 valence electrons. The summed E-state index contributed by atoms with van der Waals surface area (Å²) >= 11 is 0. The van der Waals surface area contributed by atoms with Crippen LogP contribution in [0.4, 0.5) is 5.69 Å². The quantitative estimate of drug-likeness (QED) is 0.382. The summed E-state index contributed by atoms with van der Waals surface area (Å²) in [5.74, 6) is 0.364. The van der Waals surface area contributed by atoms with E-state index in [1.54, 1.807) is 23.1 Å². The highest BCUT2D eigenvalue weighted by molar-refractivity contribution is 5.93. The summed E-state index contributed by atoms with van der Waals surface area (Å²) in [7, 11) is 0. The van der Waals surface area contributed by atoms with E-state index < -0.39 is 4.92 Å². The lowest BCUT2D eigenvalue weighted by atomic mass is 9.93. The lowest BCUT2D eigenvalue weighted by molar-refractivity contribution is -0.384. The van der Waals surface area contributed by atoms with Crippen molar-refractivity contribution in [3.05, 3.63) is 82.2 Å². The van der Waals surface area contributed by atoms with Gasteiger partial charge in [0.1, 0.15) is 0 Å². The van der Waals surface area contributed by atoms with Gasteiger partial charge in [0.25, 0.3) is 11.6 Å². The van der Waals surface area contributed by atoms with Gasteiger partial charge in [-0.25, -0.2) is 0 Å². The van der Waals surface area contributed by atoms with E-state index in [1.807, 2.05) is 12.1 Å². The second kappa shape index (κ2) is 7.71. The highest BCUT2D eigenvalue weighted by atomic mass is 16.6. The molecule has 0 unspecified atom stereocenters. The van der Waals surface area contributed by atoms with Gasteiger partial charge in [-0.05, 0) is 36.4 Å². The molecule has 5 rings (SSSR count). The van der Waals surface area contributed by atoms with Gasteiger partial charge in [-0.15, -0.1) is 0 Å². The number of amides is 1. The van der Waals surface area contributed by atoms with Crippen molar-refractivity contribution in [2.75, 3.05) is 13.1 Å². The molecule has 0 atom stereocenters. The monoisotopic (exact) mass is 416 g/mol. The Morgan fingerprint density at radius 3 is 2.61 bits per heavy atom. The molecule has 0 radical (unpaired) electrons. The minimum atomic E-state index is -0.478. The molecule has 8 nitrogen and oxygen atoms in total. The van der Waals surface area contributed by atoms with E-state index >= 15 is 0 Å². The number of likely N-dealkylation sites (tertiary alicyclic amines) is 1. The molecule has 0 spiro atoms. The number of hydrogen-bond acceptors (Lipinski definition) is 5. The Morgan fingerprint density at radius 1 is 1.10 bits per heavy atom. The van der Waals surface area contributed by atoms with Crippen molar-refractivity contribution in [3.63, 3.8) is 0 Å². The number of nitro groups is 1. The number of fused-ring (bicyclic) bond motifs is 1. The average Bonchev–Trinajstić information content (AvgIpc) is 3.46.